The molecule has 0 spiro atoms. The predicted octanol–water partition coefficient (Wildman–Crippen LogP) is 0.776. The van der Waals surface area contributed by atoms with Gasteiger partial charge in [-0.3, -0.25) is 14.5 Å². The summed E-state index contributed by atoms with van der Waals surface area (Å²) in [4.78, 5) is 37.5. The summed E-state index contributed by atoms with van der Waals surface area (Å²) < 4.78 is 1.80. The molecule has 2 heterocycles. The quantitative estimate of drug-likeness (QED) is 0.776. The number of amides is 1. The summed E-state index contributed by atoms with van der Waals surface area (Å²) in [6, 6.07) is 3.82. The van der Waals surface area contributed by atoms with Gasteiger partial charge in [0.1, 0.15) is 6.04 Å². The van der Waals surface area contributed by atoms with Gasteiger partial charge < -0.3 is 19.7 Å². The zero-order valence-electron chi connectivity index (χ0n) is 13.8. The zero-order chi connectivity index (χ0) is 18.1. The van der Waals surface area contributed by atoms with Gasteiger partial charge in [-0.2, -0.15) is 0 Å². The minimum absolute atomic E-state index is 0.120. The second-order valence-electron chi connectivity index (χ2n) is 6.15. The number of carboxylic acid groups (broad SMARTS) is 2. The molecule has 2 N–H and O–H groups in total. The van der Waals surface area contributed by atoms with E-state index in [2.05, 4.69) is 0 Å². The third-order valence-corrected chi connectivity index (χ3v) is 4.66. The maximum absolute atomic E-state index is 12.0. The number of carbonyl (C=O) groups excluding carboxylic acids is 1. The average molecular weight is 345 g/mol. The molecule has 1 aliphatic heterocycles. The molecule has 25 heavy (non-hydrogen) atoms. The SMILES string of the molecule is Cn1cc([C@H](C(=O)O)N2CCN(C=O)CC2)c2cc(C(=O)O)ccc21. The summed E-state index contributed by atoms with van der Waals surface area (Å²) >= 11 is 0. The molecule has 1 fully saturated rings. The molecule has 1 aromatic heterocycles. The van der Waals surface area contributed by atoms with E-state index in [0.717, 1.165) is 11.9 Å². The van der Waals surface area contributed by atoms with Gasteiger partial charge in [-0.05, 0) is 18.2 Å². The Morgan fingerprint density at radius 2 is 1.84 bits per heavy atom. The summed E-state index contributed by atoms with van der Waals surface area (Å²) in [6.07, 6.45) is 2.51. The van der Waals surface area contributed by atoms with Crippen LogP contribution in [-0.4, -0.2) is 69.1 Å². The fraction of sp³-hybridized carbons (Fsp3) is 0.353. The smallest absolute Gasteiger partial charge is 0.335 e. The van der Waals surface area contributed by atoms with Crippen LogP contribution in [0, 0.1) is 0 Å². The molecule has 2 aromatic rings. The van der Waals surface area contributed by atoms with E-state index in [4.69, 9.17) is 0 Å². The lowest BCUT2D eigenvalue weighted by Gasteiger charge is -2.36. The molecule has 0 radical (unpaired) electrons. The van der Waals surface area contributed by atoms with E-state index in [1.807, 2.05) is 4.90 Å². The Bertz CT molecular complexity index is 836. The van der Waals surface area contributed by atoms with E-state index >= 15 is 0 Å². The van der Waals surface area contributed by atoms with Crippen LogP contribution < -0.4 is 0 Å². The second-order valence-corrected chi connectivity index (χ2v) is 6.15. The molecule has 1 saturated heterocycles. The van der Waals surface area contributed by atoms with Crippen molar-refractivity contribution >= 4 is 29.3 Å². The van der Waals surface area contributed by atoms with Gasteiger partial charge in [0.15, 0.2) is 0 Å². The number of benzene rings is 1. The van der Waals surface area contributed by atoms with Crippen LogP contribution in [-0.2, 0) is 16.6 Å². The molecule has 0 saturated carbocycles. The normalized spacial score (nSPS) is 16.8. The van der Waals surface area contributed by atoms with Crippen molar-refractivity contribution in [1.29, 1.82) is 0 Å². The fourth-order valence-electron chi connectivity index (χ4n) is 3.36. The van der Waals surface area contributed by atoms with E-state index in [0.29, 0.717) is 37.1 Å². The summed E-state index contributed by atoms with van der Waals surface area (Å²) in [5.41, 5.74) is 1.46. The highest BCUT2D eigenvalue weighted by Crippen LogP contribution is 2.31. The number of hydrogen-bond donors (Lipinski definition) is 2. The van der Waals surface area contributed by atoms with E-state index in [-0.39, 0.29) is 5.56 Å². The molecule has 8 heteroatoms. The first-order valence-corrected chi connectivity index (χ1v) is 7.91. The first kappa shape index (κ1) is 17.0. The molecule has 132 valence electrons. The van der Waals surface area contributed by atoms with Crippen LogP contribution in [0.5, 0.6) is 0 Å². The largest absolute Gasteiger partial charge is 0.480 e. The van der Waals surface area contributed by atoms with Crippen LogP contribution >= 0.6 is 0 Å². The Morgan fingerprint density at radius 3 is 2.40 bits per heavy atom. The van der Waals surface area contributed by atoms with Crippen molar-refractivity contribution in [3.63, 3.8) is 0 Å². The Labute approximate surface area is 143 Å². The molecule has 1 aliphatic rings. The highest BCUT2D eigenvalue weighted by Gasteiger charge is 2.32. The number of aliphatic carboxylic acids is 1. The van der Waals surface area contributed by atoms with Crippen molar-refractivity contribution < 1.29 is 24.6 Å². The maximum atomic E-state index is 12.0. The van der Waals surface area contributed by atoms with Crippen molar-refractivity contribution in [3.8, 4) is 0 Å². The number of piperazine rings is 1. The molecule has 0 unspecified atom stereocenters. The number of hydrogen-bond acceptors (Lipinski definition) is 4. The number of carbonyl (C=O) groups is 3. The number of rotatable bonds is 5. The number of aryl methyl sites for hydroxylation is 1. The van der Waals surface area contributed by atoms with Gasteiger partial charge >= 0.3 is 11.9 Å². The average Bonchev–Trinajstić information content (AvgIpc) is 2.91. The second kappa shape index (κ2) is 6.56. The van der Waals surface area contributed by atoms with Crippen LogP contribution in [0.15, 0.2) is 24.4 Å². The van der Waals surface area contributed by atoms with Gasteiger partial charge in [0, 0.05) is 55.9 Å². The standard InChI is InChI=1S/C17H19N3O5/c1-18-9-13(12-8-11(16(22)23)2-3-14(12)18)15(17(24)25)20-6-4-19(10-21)5-7-20/h2-3,8-10,15H,4-7H2,1H3,(H,22,23)(H,24,25)/t15-/m1/s1. The third kappa shape index (κ3) is 3.08. The van der Waals surface area contributed by atoms with E-state index < -0.39 is 18.0 Å². The highest BCUT2D eigenvalue weighted by molar-refractivity contribution is 5.96. The highest BCUT2D eigenvalue weighted by atomic mass is 16.4. The maximum Gasteiger partial charge on any atom is 0.335 e. The molecule has 1 amide bonds. The van der Waals surface area contributed by atoms with Crippen molar-refractivity contribution in [3.05, 3.63) is 35.5 Å². The molecule has 8 nitrogen and oxygen atoms in total. The molecule has 1 aromatic carbocycles. The summed E-state index contributed by atoms with van der Waals surface area (Å²) in [7, 11) is 1.80. The van der Waals surface area contributed by atoms with Crippen molar-refractivity contribution in [2.24, 2.45) is 7.05 Å². The third-order valence-electron chi connectivity index (χ3n) is 4.66. The molecule has 3 rings (SSSR count). The molecule has 0 bridgehead atoms. The van der Waals surface area contributed by atoms with Crippen molar-refractivity contribution in [2.45, 2.75) is 6.04 Å². The molecular weight excluding hydrogens is 326 g/mol. The number of carboxylic acids is 2. The Balaban J connectivity index is 2.04. The summed E-state index contributed by atoms with van der Waals surface area (Å²) in [5, 5.41) is 19.6. The van der Waals surface area contributed by atoms with Crippen LogP contribution in [0.4, 0.5) is 0 Å². The van der Waals surface area contributed by atoms with Gasteiger partial charge in [-0.15, -0.1) is 0 Å². The minimum Gasteiger partial charge on any atom is -0.480 e. The molecular formula is C17H19N3O5. The van der Waals surface area contributed by atoms with E-state index in [1.54, 1.807) is 28.8 Å². The monoisotopic (exact) mass is 345 g/mol. The lowest BCUT2D eigenvalue weighted by atomic mass is 10.0. The zero-order valence-corrected chi connectivity index (χ0v) is 13.8. The Hall–Kier alpha value is -2.87. The number of nitrogens with zero attached hydrogens (tertiary/aromatic N) is 3. The van der Waals surface area contributed by atoms with Crippen molar-refractivity contribution in [2.75, 3.05) is 26.2 Å². The lowest BCUT2D eigenvalue weighted by molar-refractivity contribution is -0.144. The van der Waals surface area contributed by atoms with Crippen LogP contribution in [0.25, 0.3) is 10.9 Å². The van der Waals surface area contributed by atoms with E-state index in [9.17, 15) is 24.6 Å². The van der Waals surface area contributed by atoms with Crippen LogP contribution in [0.1, 0.15) is 22.0 Å². The van der Waals surface area contributed by atoms with Crippen LogP contribution in [0.3, 0.4) is 0 Å². The summed E-state index contributed by atoms with van der Waals surface area (Å²) in [5.74, 6) is -2.05. The van der Waals surface area contributed by atoms with Crippen LogP contribution in [0.2, 0.25) is 0 Å². The van der Waals surface area contributed by atoms with Gasteiger partial charge in [0.2, 0.25) is 6.41 Å². The Morgan fingerprint density at radius 1 is 1.16 bits per heavy atom. The fourth-order valence-corrected chi connectivity index (χ4v) is 3.36. The number of aromatic carboxylic acids is 1. The van der Waals surface area contributed by atoms with Gasteiger partial charge in [0.25, 0.3) is 0 Å². The summed E-state index contributed by atoms with van der Waals surface area (Å²) in [6.45, 7) is 1.84. The Kier molecular flexibility index (Phi) is 4.45. The number of aromatic nitrogens is 1. The van der Waals surface area contributed by atoms with E-state index in [1.165, 1.54) is 12.1 Å². The lowest BCUT2D eigenvalue weighted by Crippen LogP contribution is -2.48. The molecule has 1 atom stereocenters. The van der Waals surface area contributed by atoms with Gasteiger partial charge in [0.05, 0.1) is 5.56 Å². The predicted molar refractivity (Wildman–Crippen MR) is 89.5 cm³/mol. The van der Waals surface area contributed by atoms with Crippen molar-refractivity contribution in [1.82, 2.24) is 14.4 Å². The number of fused-ring (bicyclic) bond motifs is 1. The van der Waals surface area contributed by atoms with Gasteiger partial charge in [-0.25, -0.2) is 4.79 Å². The first-order chi connectivity index (χ1) is 11.9. The molecule has 0 aliphatic carbocycles. The minimum atomic E-state index is -1.05. The topological polar surface area (TPSA) is 103 Å². The van der Waals surface area contributed by atoms with Gasteiger partial charge in [-0.1, -0.05) is 0 Å². The first-order valence-electron chi connectivity index (χ1n) is 7.91.